The Kier molecular flexibility index (Phi) is 6.83. The summed E-state index contributed by atoms with van der Waals surface area (Å²) in [5, 5.41) is 2.69. The van der Waals surface area contributed by atoms with Gasteiger partial charge >= 0.3 is 5.97 Å². The Morgan fingerprint density at radius 2 is 1.80 bits per heavy atom. The monoisotopic (exact) mass is 343 g/mol. The molecule has 2 aromatic rings. The first kappa shape index (κ1) is 18.3. The highest BCUT2D eigenvalue weighted by molar-refractivity contribution is 5.95. The molecule has 132 valence electrons. The molecule has 0 aromatic heterocycles. The van der Waals surface area contributed by atoms with Gasteiger partial charge in [0.2, 0.25) is 0 Å². The average molecular weight is 343 g/mol. The number of carbonyl (C=O) groups is 2. The molecule has 0 aliphatic carbocycles. The number of ether oxygens (including phenoxy) is 3. The molecule has 0 saturated carbocycles. The van der Waals surface area contributed by atoms with Gasteiger partial charge in [-0.05, 0) is 36.8 Å². The van der Waals surface area contributed by atoms with E-state index in [4.69, 9.17) is 14.2 Å². The smallest absolute Gasteiger partial charge is 0.338 e. The summed E-state index contributed by atoms with van der Waals surface area (Å²) in [5.74, 6) is 0.279. The lowest BCUT2D eigenvalue weighted by Gasteiger charge is -2.11. The molecular formula is C19H21NO5. The van der Waals surface area contributed by atoms with E-state index in [1.54, 1.807) is 42.5 Å². The van der Waals surface area contributed by atoms with Crippen molar-refractivity contribution in [3.63, 3.8) is 0 Å². The molecule has 2 rings (SSSR count). The van der Waals surface area contributed by atoms with Gasteiger partial charge in [-0.3, -0.25) is 4.79 Å². The molecule has 6 heteroatoms. The highest BCUT2D eigenvalue weighted by atomic mass is 16.5. The molecule has 0 spiro atoms. The van der Waals surface area contributed by atoms with Crippen LogP contribution >= 0.6 is 0 Å². The van der Waals surface area contributed by atoms with Crippen LogP contribution in [0.3, 0.4) is 0 Å². The normalized spacial score (nSPS) is 10.0. The Morgan fingerprint density at radius 1 is 1.04 bits per heavy atom. The maximum atomic E-state index is 12.0. The fraction of sp³-hybridized carbons (Fsp3) is 0.263. The second-order valence-corrected chi connectivity index (χ2v) is 5.20. The number of para-hydroxylation sites is 2. The summed E-state index contributed by atoms with van der Waals surface area (Å²) in [7, 11) is 1.53. The summed E-state index contributed by atoms with van der Waals surface area (Å²) < 4.78 is 15.7. The topological polar surface area (TPSA) is 73.9 Å². The van der Waals surface area contributed by atoms with Crippen LogP contribution in [0.2, 0.25) is 0 Å². The number of rotatable bonds is 8. The van der Waals surface area contributed by atoms with Crippen molar-refractivity contribution in [1.29, 1.82) is 0 Å². The van der Waals surface area contributed by atoms with Gasteiger partial charge in [0.1, 0.15) is 0 Å². The minimum atomic E-state index is -0.414. The summed E-state index contributed by atoms with van der Waals surface area (Å²) in [6.45, 7) is 2.11. The number of anilines is 1. The van der Waals surface area contributed by atoms with Crippen LogP contribution in [0.15, 0.2) is 48.5 Å². The Balaban J connectivity index is 1.93. The quantitative estimate of drug-likeness (QED) is 0.745. The lowest BCUT2D eigenvalue weighted by molar-refractivity contribution is -0.118. The van der Waals surface area contributed by atoms with E-state index in [2.05, 4.69) is 5.32 Å². The Bertz CT molecular complexity index is 729. The van der Waals surface area contributed by atoms with Crippen LogP contribution in [0.25, 0.3) is 0 Å². The van der Waals surface area contributed by atoms with Crippen molar-refractivity contribution >= 4 is 17.6 Å². The molecule has 1 amide bonds. The molecule has 0 radical (unpaired) electrons. The lowest BCUT2D eigenvalue weighted by atomic mass is 10.2. The van der Waals surface area contributed by atoms with Crippen molar-refractivity contribution in [3.05, 3.63) is 54.1 Å². The second kappa shape index (κ2) is 9.32. The van der Waals surface area contributed by atoms with E-state index in [9.17, 15) is 9.59 Å². The summed E-state index contributed by atoms with van der Waals surface area (Å²) in [4.78, 5) is 23.9. The van der Waals surface area contributed by atoms with Gasteiger partial charge in [0.05, 0.1) is 19.3 Å². The van der Waals surface area contributed by atoms with Crippen LogP contribution in [-0.4, -0.2) is 32.2 Å². The van der Waals surface area contributed by atoms with Gasteiger partial charge in [-0.25, -0.2) is 4.79 Å². The van der Waals surface area contributed by atoms with Gasteiger partial charge < -0.3 is 19.5 Å². The maximum absolute atomic E-state index is 12.0. The zero-order valence-corrected chi connectivity index (χ0v) is 14.3. The number of hydrogen-bond donors (Lipinski definition) is 1. The third-order valence-electron chi connectivity index (χ3n) is 3.25. The van der Waals surface area contributed by atoms with Crippen molar-refractivity contribution in [2.45, 2.75) is 13.3 Å². The molecule has 0 saturated heterocycles. The van der Waals surface area contributed by atoms with Gasteiger partial charge in [-0.2, -0.15) is 0 Å². The second-order valence-electron chi connectivity index (χ2n) is 5.20. The highest BCUT2D eigenvalue weighted by Crippen LogP contribution is 2.25. The zero-order chi connectivity index (χ0) is 18.1. The van der Waals surface area contributed by atoms with Crippen LogP contribution in [0.1, 0.15) is 23.7 Å². The Labute approximate surface area is 146 Å². The van der Waals surface area contributed by atoms with Gasteiger partial charge in [0.25, 0.3) is 5.91 Å². The first-order valence-corrected chi connectivity index (χ1v) is 7.97. The molecule has 0 atom stereocenters. The summed E-state index contributed by atoms with van der Waals surface area (Å²) >= 11 is 0. The lowest BCUT2D eigenvalue weighted by Crippen LogP contribution is -2.20. The third kappa shape index (κ3) is 5.53. The zero-order valence-electron chi connectivity index (χ0n) is 14.3. The minimum absolute atomic E-state index is 0.176. The van der Waals surface area contributed by atoms with Gasteiger partial charge in [0, 0.05) is 5.69 Å². The van der Waals surface area contributed by atoms with E-state index in [-0.39, 0.29) is 12.5 Å². The predicted octanol–water partition coefficient (Wildman–Crippen LogP) is 3.28. The van der Waals surface area contributed by atoms with Gasteiger partial charge in [-0.15, -0.1) is 0 Å². The first-order valence-electron chi connectivity index (χ1n) is 7.97. The van der Waals surface area contributed by atoms with E-state index in [1.165, 1.54) is 7.11 Å². The minimum Gasteiger partial charge on any atom is -0.493 e. The number of carbonyl (C=O) groups excluding carboxylic acids is 2. The molecule has 25 heavy (non-hydrogen) atoms. The standard InChI is InChI=1S/C19H21NO5/c1-3-11-24-19(22)14-7-6-8-15(12-14)20-18(21)13-25-17-10-5-4-9-16(17)23-2/h4-10,12H,3,11,13H2,1-2H3,(H,20,21). The van der Waals surface area contributed by atoms with Crippen molar-refractivity contribution in [2.75, 3.05) is 25.6 Å². The van der Waals surface area contributed by atoms with Crippen LogP contribution in [0.5, 0.6) is 11.5 Å². The van der Waals surface area contributed by atoms with Gasteiger partial charge in [-0.1, -0.05) is 25.1 Å². The molecule has 1 N–H and O–H groups in total. The van der Waals surface area contributed by atoms with Crippen LogP contribution in [-0.2, 0) is 9.53 Å². The van der Waals surface area contributed by atoms with E-state index < -0.39 is 5.97 Å². The van der Waals surface area contributed by atoms with Crippen molar-refractivity contribution in [3.8, 4) is 11.5 Å². The highest BCUT2D eigenvalue weighted by Gasteiger charge is 2.10. The molecule has 0 aliphatic heterocycles. The van der Waals surface area contributed by atoms with E-state index in [0.717, 1.165) is 6.42 Å². The van der Waals surface area contributed by atoms with Crippen molar-refractivity contribution in [2.24, 2.45) is 0 Å². The molecule has 6 nitrogen and oxygen atoms in total. The summed E-state index contributed by atoms with van der Waals surface area (Å²) in [6.07, 6.45) is 0.752. The summed E-state index contributed by atoms with van der Waals surface area (Å²) in [6, 6.07) is 13.7. The molecule has 0 bridgehead atoms. The van der Waals surface area contributed by atoms with E-state index >= 15 is 0 Å². The number of nitrogens with one attached hydrogen (secondary N) is 1. The average Bonchev–Trinajstić information content (AvgIpc) is 2.64. The Hall–Kier alpha value is -3.02. The number of benzene rings is 2. The molecule has 0 fully saturated rings. The van der Waals surface area contributed by atoms with Crippen molar-refractivity contribution < 1.29 is 23.8 Å². The largest absolute Gasteiger partial charge is 0.493 e. The summed E-state index contributed by atoms with van der Waals surface area (Å²) in [5.41, 5.74) is 0.886. The number of esters is 1. The molecule has 0 unspecified atom stereocenters. The van der Waals surface area contributed by atoms with Crippen molar-refractivity contribution in [1.82, 2.24) is 0 Å². The predicted molar refractivity (Wildman–Crippen MR) is 94.1 cm³/mol. The molecule has 0 aliphatic rings. The fourth-order valence-electron chi connectivity index (χ4n) is 2.08. The fourth-order valence-corrected chi connectivity index (χ4v) is 2.08. The van der Waals surface area contributed by atoms with Crippen LogP contribution < -0.4 is 14.8 Å². The SMILES string of the molecule is CCCOC(=O)c1cccc(NC(=O)COc2ccccc2OC)c1. The molecule has 0 heterocycles. The molecular weight excluding hydrogens is 322 g/mol. The van der Waals surface area contributed by atoms with E-state index in [0.29, 0.717) is 29.4 Å². The molecule has 2 aromatic carbocycles. The Morgan fingerprint density at radius 3 is 2.52 bits per heavy atom. The van der Waals surface area contributed by atoms with E-state index in [1.807, 2.05) is 13.0 Å². The van der Waals surface area contributed by atoms with Crippen LogP contribution in [0.4, 0.5) is 5.69 Å². The number of amides is 1. The third-order valence-corrected chi connectivity index (χ3v) is 3.25. The number of methoxy groups -OCH3 is 1. The first-order chi connectivity index (χ1) is 12.1. The van der Waals surface area contributed by atoms with Crippen LogP contribution in [0, 0.1) is 0 Å². The number of hydrogen-bond acceptors (Lipinski definition) is 5. The van der Waals surface area contributed by atoms with Gasteiger partial charge in [0.15, 0.2) is 18.1 Å². The maximum Gasteiger partial charge on any atom is 0.338 e.